The zero-order chi connectivity index (χ0) is 15.9. The molecule has 2 aromatic rings. The summed E-state index contributed by atoms with van der Waals surface area (Å²) in [6.45, 7) is 0.329. The van der Waals surface area contributed by atoms with Gasteiger partial charge in [-0.05, 0) is 42.0 Å². The number of carbonyl (C=O) groups is 2. The van der Waals surface area contributed by atoms with E-state index in [0.717, 1.165) is 5.56 Å². The van der Waals surface area contributed by atoms with Crippen LogP contribution in [-0.2, 0) is 6.54 Å². The van der Waals surface area contributed by atoms with E-state index in [-0.39, 0.29) is 5.91 Å². The van der Waals surface area contributed by atoms with Crippen molar-refractivity contribution in [2.75, 3.05) is 5.32 Å². The lowest BCUT2D eigenvalue weighted by Gasteiger charge is -2.07. The number of amides is 3. The number of rotatable bonds is 4. The molecule has 0 fully saturated rings. The van der Waals surface area contributed by atoms with Gasteiger partial charge in [0.2, 0.25) is 0 Å². The van der Waals surface area contributed by atoms with E-state index in [1.165, 1.54) is 0 Å². The molecule has 0 aliphatic rings. The predicted molar refractivity (Wildman–Crippen MR) is 82.0 cm³/mol. The highest BCUT2D eigenvalue weighted by Crippen LogP contribution is 2.10. The lowest BCUT2D eigenvalue weighted by Crippen LogP contribution is -2.23. The van der Waals surface area contributed by atoms with Crippen molar-refractivity contribution in [1.29, 1.82) is 5.26 Å². The molecule has 0 radical (unpaired) electrons. The molecule has 2 aromatic carbocycles. The van der Waals surface area contributed by atoms with Gasteiger partial charge in [0.25, 0.3) is 5.91 Å². The van der Waals surface area contributed by atoms with Gasteiger partial charge in [0.15, 0.2) is 0 Å². The second-order valence-electron chi connectivity index (χ2n) is 4.56. The third kappa shape index (κ3) is 4.08. The monoisotopic (exact) mass is 294 g/mol. The number of carbonyl (C=O) groups excluding carboxylic acids is 2. The second kappa shape index (κ2) is 6.90. The lowest BCUT2D eigenvalue weighted by atomic mass is 10.1. The summed E-state index contributed by atoms with van der Waals surface area (Å²) in [7, 11) is 0. The zero-order valence-electron chi connectivity index (χ0n) is 11.7. The van der Waals surface area contributed by atoms with E-state index in [1.54, 1.807) is 42.5 Å². The van der Waals surface area contributed by atoms with Crippen LogP contribution in [0.25, 0.3) is 0 Å². The molecule has 0 atom stereocenters. The predicted octanol–water partition coefficient (Wildman–Crippen LogP) is 1.98. The van der Waals surface area contributed by atoms with Crippen molar-refractivity contribution < 1.29 is 9.59 Å². The van der Waals surface area contributed by atoms with Gasteiger partial charge in [-0.25, -0.2) is 4.79 Å². The van der Waals surface area contributed by atoms with Crippen molar-refractivity contribution in [3.63, 3.8) is 0 Å². The number of hydrogen-bond donors (Lipinski definition) is 3. The summed E-state index contributed by atoms with van der Waals surface area (Å²) in [5.41, 5.74) is 7.39. The van der Waals surface area contributed by atoms with Gasteiger partial charge in [-0.3, -0.25) is 4.79 Å². The van der Waals surface area contributed by atoms with Crippen molar-refractivity contribution >= 4 is 17.6 Å². The van der Waals surface area contributed by atoms with E-state index in [1.807, 2.05) is 6.07 Å². The van der Waals surface area contributed by atoms with Crippen LogP contribution in [0.5, 0.6) is 0 Å². The quantitative estimate of drug-likeness (QED) is 0.802. The molecule has 0 bridgehead atoms. The summed E-state index contributed by atoms with van der Waals surface area (Å²) in [6.07, 6.45) is 0. The molecule has 3 amide bonds. The first-order valence-electron chi connectivity index (χ1n) is 6.52. The van der Waals surface area contributed by atoms with E-state index in [2.05, 4.69) is 16.7 Å². The average Bonchev–Trinajstić information content (AvgIpc) is 2.53. The van der Waals surface area contributed by atoms with Crippen LogP contribution in [0.1, 0.15) is 21.5 Å². The number of benzene rings is 2. The molecule has 0 aliphatic carbocycles. The number of nitrogens with one attached hydrogen (secondary N) is 2. The lowest BCUT2D eigenvalue weighted by molar-refractivity contribution is 0.0951. The fraction of sp³-hybridized carbons (Fsp3) is 0.0625. The second-order valence-corrected chi connectivity index (χ2v) is 4.56. The van der Waals surface area contributed by atoms with Gasteiger partial charge in [0, 0.05) is 17.8 Å². The molecule has 0 unspecified atom stereocenters. The Hall–Kier alpha value is -3.33. The molecule has 6 nitrogen and oxygen atoms in total. The molecule has 4 N–H and O–H groups in total. The van der Waals surface area contributed by atoms with E-state index < -0.39 is 6.03 Å². The number of nitrogens with two attached hydrogens (primary N) is 1. The molecule has 0 saturated carbocycles. The third-order valence-corrected chi connectivity index (χ3v) is 2.92. The average molecular weight is 294 g/mol. The number of nitriles is 1. The van der Waals surface area contributed by atoms with Crippen molar-refractivity contribution in [3.8, 4) is 6.07 Å². The number of hydrogen-bond acceptors (Lipinski definition) is 3. The highest BCUT2D eigenvalue weighted by molar-refractivity contribution is 5.95. The van der Waals surface area contributed by atoms with Crippen LogP contribution < -0.4 is 16.4 Å². The van der Waals surface area contributed by atoms with Gasteiger partial charge in [-0.15, -0.1) is 0 Å². The first kappa shape index (κ1) is 15.1. The molecule has 0 heterocycles. The van der Waals surface area contributed by atoms with Crippen LogP contribution in [0.15, 0.2) is 48.5 Å². The van der Waals surface area contributed by atoms with Crippen LogP contribution in [0.3, 0.4) is 0 Å². The Bertz CT molecular complexity index is 733. The minimum Gasteiger partial charge on any atom is -0.351 e. The van der Waals surface area contributed by atoms with Gasteiger partial charge in [-0.1, -0.05) is 12.1 Å². The first-order chi connectivity index (χ1) is 10.6. The molecule has 110 valence electrons. The number of primary amides is 1. The number of anilines is 1. The van der Waals surface area contributed by atoms with E-state index in [9.17, 15) is 9.59 Å². The maximum absolute atomic E-state index is 12.0. The van der Waals surface area contributed by atoms with Crippen molar-refractivity contribution in [3.05, 3.63) is 65.2 Å². The van der Waals surface area contributed by atoms with Crippen molar-refractivity contribution in [1.82, 2.24) is 5.32 Å². The third-order valence-electron chi connectivity index (χ3n) is 2.92. The van der Waals surface area contributed by atoms with Crippen LogP contribution in [0.2, 0.25) is 0 Å². The standard InChI is InChI=1S/C16H14N4O2/c17-9-11-2-1-3-12(8-11)10-19-15(21)13-4-6-14(7-5-13)20-16(18)22/h1-8H,10H2,(H,19,21)(H3,18,20,22). The molecule has 22 heavy (non-hydrogen) atoms. The highest BCUT2D eigenvalue weighted by Gasteiger charge is 2.06. The molecular weight excluding hydrogens is 280 g/mol. The van der Waals surface area contributed by atoms with E-state index in [0.29, 0.717) is 23.4 Å². The Kier molecular flexibility index (Phi) is 4.73. The Morgan fingerprint density at radius 3 is 2.50 bits per heavy atom. The summed E-state index contributed by atoms with van der Waals surface area (Å²) in [5.74, 6) is -0.243. The van der Waals surface area contributed by atoms with Crippen LogP contribution in [0.4, 0.5) is 10.5 Å². The summed E-state index contributed by atoms with van der Waals surface area (Å²) < 4.78 is 0. The maximum Gasteiger partial charge on any atom is 0.316 e. The van der Waals surface area contributed by atoms with Crippen molar-refractivity contribution in [2.24, 2.45) is 5.73 Å². The minimum atomic E-state index is -0.658. The maximum atomic E-state index is 12.0. The fourth-order valence-corrected chi connectivity index (χ4v) is 1.88. The van der Waals surface area contributed by atoms with Gasteiger partial charge in [0.05, 0.1) is 11.6 Å². The van der Waals surface area contributed by atoms with Crippen LogP contribution in [-0.4, -0.2) is 11.9 Å². The summed E-state index contributed by atoms with van der Waals surface area (Å²) in [5, 5.41) is 14.0. The molecule has 6 heteroatoms. The Balaban J connectivity index is 1.97. The highest BCUT2D eigenvalue weighted by atomic mass is 16.2. The van der Waals surface area contributed by atoms with Gasteiger partial charge >= 0.3 is 6.03 Å². The summed E-state index contributed by atoms with van der Waals surface area (Å²) in [6, 6.07) is 14.8. The minimum absolute atomic E-state index is 0.243. The van der Waals surface area contributed by atoms with E-state index in [4.69, 9.17) is 11.0 Å². The smallest absolute Gasteiger partial charge is 0.316 e. The number of urea groups is 1. The van der Waals surface area contributed by atoms with Gasteiger partial charge in [-0.2, -0.15) is 5.26 Å². The molecule has 0 aromatic heterocycles. The molecule has 0 saturated heterocycles. The SMILES string of the molecule is N#Cc1cccc(CNC(=O)c2ccc(NC(N)=O)cc2)c1. The Morgan fingerprint density at radius 1 is 1.14 bits per heavy atom. The summed E-state index contributed by atoms with van der Waals surface area (Å²) in [4.78, 5) is 22.7. The molecule has 0 spiro atoms. The summed E-state index contributed by atoms with van der Waals surface area (Å²) >= 11 is 0. The topological polar surface area (TPSA) is 108 Å². The Labute approximate surface area is 127 Å². The molecular formula is C16H14N4O2. The first-order valence-corrected chi connectivity index (χ1v) is 6.52. The fourth-order valence-electron chi connectivity index (χ4n) is 1.88. The Morgan fingerprint density at radius 2 is 1.86 bits per heavy atom. The van der Waals surface area contributed by atoms with E-state index >= 15 is 0 Å². The van der Waals surface area contributed by atoms with Crippen molar-refractivity contribution in [2.45, 2.75) is 6.54 Å². The molecule has 0 aliphatic heterocycles. The van der Waals surface area contributed by atoms with Crippen LogP contribution in [0, 0.1) is 11.3 Å². The van der Waals surface area contributed by atoms with Gasteiger partial charge < -0.3 is 16.4 Å². The van der Waals surface area contributed by atoms with Gasteiger partial charge in [0.1, 0.15) is 0 Å². The normalized spacial score (nSPS) is 9.59. The zero-order valence-corrected chi connectivity index (χ0v) is 11.7. The molecule has 2 rings (SSSR count). The number of nitrogens with zero attached hydrogens (tertiary/aromatic N) is 1. The largest absolute Gasteiger partial charge is 0.351 e. The van der Waals surface area contributed by atoms with Crippen LogP contribution >= 0.6 is 0 Å².